The van der Waals surface area contributed by atoms with Gasteiger partial charge in [0.25, 0.3) is 11.8 Å². The van der Waals surface area contributed by atoms with Gasteiger partial charge in [0.2, 0.25) is 5.82 Å². The molecule has 2 amide bonds. The van der Waals surface area contributed by atoms with Crippen molar-refractivity contribution in [3.8, 4) is 17.0 Å². The molecule has 1 atom stereocenters. The number of methoxy groups -OCH3 is 1. The van der Waals surface area contributed by atoms with Crippen LogP contribution in [-0.2, 0) is 16.9 Å². The van der Waals surface area contributed by atoms with Crippen LogP contribution >= 0.6 is 11.6 Å². The predicted octanol–water partition coefficient (Wildman–Crippen LogP) is 3.66. The van der Waals surface area contributed by atoms with Gasteiger partial charge in [-0.3, -0.25) is 9.59 Å². The van der Waals surface area contributed by atoms with Crippen LogP contribution in [0.5, 0.6) is 5.75 Å². The molecular formula is C28H30ClF2N5O5S. The van der Waals surface area contributed by atoms with E-state index in [1.54, 1.807) is 4.90 Å². The van der Waals surface area contributed by atoms with E-state index in [1.165, 1.54) is 55.3 Å². The van der Waals surface area contributed by atoms with E-state index in [9.17, 15) is 26.8 Å². The van der Waals surface area contributed by atoms with E-state index in [2.05, 4.69) is 15.6 Å². The summed E-state index contributed by atoms with van der Waals surface area (Å²) in [7, 11) is -0.541. The van der Waals surface area contributed by atoms with E-state index in [-0.39, 0.29) is 44.6 Å². The average Bonchev–Trinajstić information content (AvgIpc) is 3.65. The molecule has 2 fully saturated rings. The number of anilines is 1. The van der Waals surface area contributed by atoms with E-state index >= 15 is 0 Å². The molecule has 14 heteroatoms. The number of amides is 2. The first-order valence-corrected chi connectivity index (χ1v) is 15.4. The Morgan fingerprint density at radius 1 is 1.10 bits per heavy atom. The Labute approximate surface area is 246 Å². The van der Waals surface area contributed by atoms with Crippen molar-refractivity contribution in [2.75, 3.05) is 38.6 Å². The number of halogens is 3. The highest BCUT2D eigenvalue weighted by atomic mass is 35.5. The minimum Gasteiger partial charge on any atom is -0.494 e. The quantitative estimate of drug-likeness (QED) is 0.413. The monoisotopic (exact) mass is 621 g/mol. The van der Waals surface area contributed by atoms with Gasteiger partial charge in [0, 0.05) is 37.9 Å². The molecule has 42 heavy (non-hydrogen) atoms. The Bertz CT molecular complexity index is 1630. The molecule has 1 unspecified atom stereocenters. The van der Waals surface area contributed by atoms with Crippen molar-refractivity contribution in [3.05, 3.63) is 64.6 Å². The Morgan fingerprint density at radius 3 is 2.48 bits per heavy atom. The number of ether oxygens (including phenoxy) is 1. The van der Waals surface area contributed by atoms with Crippen molar-refractivity contribution in [2.24, 2.45) is 7.05 Å². The molecule has 2 N–H and O–H groups in total. The first-order chi connectivity index (χ1) is 20.0. The highest BCUT2D eigenvalue weighted by Crippen LogP contribution is 2.31. The number of carbonyl (C=O) groups is 2. The number of rotatable bonds is 7. The third kappa shape index (κ3) is 5.60. The summed E-state index contributed by atoms with van der Waals surface area (Å²) in [5.41, 5.74) is 0.607. The zero-order valence-electron chi connectivity index (χ0n) is 23.0. The molecule has 2 saturated heterocycles. The number of carbonyl (C=O) groups excluding carboxylic acids is 2. The van der Waals surface area contributed by atoms with Gasteiger partial charge >= 0.3 is 0 Å². The van der Waals surface area contributed by atoms with Crippen molar-refractivity contribution in [1.82, 2.24) is 19.8 Å². The Hall–Kier alpha value is -3.55. The molecule has 2 aliphatic heterocycles. The second kappa shape index (κ2) is 12.0. The van der Waals surface area contributed by atoms with Gasteiger partial charge in [-0.15, -0.1) is 0 Å². The number of piperidine rings is 1. The number of sulfone groups is 1. The van der Waals surface area contributed by atoms with E-state index in [4.69, 9.17) is 16.3 Å². The number of nitrogens with one attached hydrogen (secondary N) is 2. The van der Waals surface area contributed by atoms with Crippen LogP contribution in [0.3, 0.4) is 0 Å². The second-order valence-electron chi connectivity index (χ2n) is 10.3. The summed E-state index contributed by atoms with van der Waals surface area (Å²) in [5, 5.41) is 5.02. The van der Waals surface area contributed by atoms with Crippen LogP contribution < -0.4 is 15.4 Å². The molecule has 3 aromatic rings. The lowest BCUT2D eigenvalue weighted by Gasteiger charge is -2.33. The summed E-state index contributed by atoms with van der Waals surface area (Å²) in [6, 6.07) is 7.05. The van der Waals surface area contributed by atoms with Crippen LogP contribution in [0.15, 0.2) is 36.5 Å². The largest absolute Gasteiger partial charge is 0.494 e. The highest BCUT2D eigenvalue weighted by Gasteiger charge is 2.38. The molecule has 0 aliphatic carbocycles. The summed E-state index contributed by atoms with van der Waals surface area (Å²) in [4.78, 5) is 31.8. The summed E-state index contributed by atoms with van der Waals surface area (Å²) in [6.07, 6.45) is 2.61. The number of hydrogen-bond donors (Lipinski definition) is 2. The Morgan fingerprint density at radius 2 is 1.83 bits per heavy atom. The number of aromatic nitrogens is 2. The fraction of sp³-hybridized carbons (Fsp3) is 0.393. The van der Waals surface area contributed by atoms with Gasteiger partial charge in [-0.25, -0.2) is 17.8 Å². The Kier molecular flexibility index (Phi) is 8.53. The zero-order valence-corrected chi connectivity index (χ0v) is 24.6. The van der Waals surface area contributed by atoms with Crippen LogP contribution in [0.1, 0.15) is 40.2 Å². The standard InChI is InChI=1S/C28H30ClF2N5O5S/c1-35-22(20-5-6-23(41-2)25(31)24(20)30)15-33-26(35)27(37)34-16-3-4-19(21(29)13-16)28(38)36-11-8-17(9-12-36)42(39,40)18-7-10-32-14-18/h3-6,13,15,17-18,32H,7-12,14H2,1-2H3,(H,34,37). The molecular weight excluding hydrogens is 592 g/mol. The van der Waals surface area contributed by atoms with E-state index < -0.39 is 32.6 Å². The molecule has 2 aromatic carbocycles. The van der Waals surface area contributed by atoms with Gasteiger partial charge in [0.15, 0.2) is 27.2 Å². The summed E-state index contributed by atoms with van der Waals surface area (Å²) >= 11 is 6.42. The van der Waals surface area contributed by atoms with Crippen molar-refractivity contribution < 1.29 is 31.5 Å². The molecule has 5 rings (SSSR count). The van der Waals surface area contributed by atoms with E-state index in [0.29, 0.717) is 51.1 Å². The first kappa shape index (κ1) is 29.9. The SMILES string of the molecule is COc1ccc(-c2cnc(C(=O)Nc3ccc(C(=O)N4CCC(S(=O)(=O)C5CCNC5)CC4)c(Cl)c3)n2C)c(F)c1F. The van der Waals surface area contributed by atoms with Crippen molar-refractivity contribution in [3.63, 3.8) is 0 Å². The van der Waals surface area contributed by atoms with Gasteiger partial charge in [-0.2, -0.15) is 4.39 Å². The predicted molar refractivity (Wildman–Crippen MR) is 154 cm³/mol. The third-order valence-electron chi connectivity index (χ3n) is 7.86. The van der Waals surface area contributed by atoms with Crippen LogP contribution in [-0.4, -0.2) is 78.5 Å². The lowest BCUT2D eigenvalue weighted by Crippen LogP contribution is -2.45. The maximum atomic E-state index is 14.6. The summed E-state index contributed by atoms with van der Waals surface area (Å²) < 4.78 is 60.8. The normalized spacial score (nSPS) is 17.8. The lowest BCUT2D eigenvalue weighted by molar-refractivity contribution is 0.0725. The average molecular weight is 622 g/mol. The zero-order chi connectivity index (χ0) is 30.2. The number of nitrogens with zero attached hydrogens (tertiary/aromatic N) is 3. The van der Waals surface area contributed by atoms with Gasteiger partial charge in [0.1, 0.15) is 0 Å². The third-order valence-corrected chi connectivity index (χ3v) is 10.9. The van der Waals surface area contributed by atoms with Gasteiger partial charge in [-0.1, -0.05) is 11.6 Å². The lowest BCUT2D eigenvalue weighted by atomic mass is 10.1. The molecule has 3 heterocycles. The van der Waals surface area contributed by atoms with Crippen LogP contribution in [0.2, 0.25) is 5.02 Å². The maximum absolute atomic E-state index is 14.6. The molecule has 224 valence electrons. The van der Waals surface area contributed by atoms with Crippen LogP contribution in [0, 0.1) is 11.6 Å². The fourth-order valence-corrected chi connectivity index (χ4v) is 7.92. The van der Waals surface area contributed by atoms with Crippen molar-refractivity contribution in [1.29, 1.82) is 0 Å². The van der Waals surface area contributed by atoms with E-state index in [0.717, 1.165) is 0 Å². The number of benzene rings is 2. The van der Waals surface area contributed by atoms with Gasteiger partial charge < -0.3 is 24.8 Å². The van der Waals surface area contributed by atoms with Gasteiger partial charge in [0.05, 0.1) is 40.1 Å². The Balaban J connectivity index is 1.24. The molecule has 1 aromatic heterocycles. The molecule has 0 bridgehead atoms. The van der Waals surface area contributed by atoms with Crippen LogP contribution in [0.4, 0.5) is 14.5 Å². The van der Waals surface area contributed by atoms with Crippen molar-refractivity contribution in [2.45, 2.75) is 29.8 Å². The number of imidazole rings is 1. The van der Waals surface area contributed by atoms with E-state index in [1.807, 2.05) is 0 Å². The topological polar surface area (TPSA) is 123 Å². The molecule has 10 nitrogen and oxygen atoms in total. The molecule has 0 spiro atoms. The molecule has 2 aliphatic rings. The first-order valence-electron chi connectivity index (χ1n) is 13.4. The minimum atomic E-state index is -3.26. The molecule has 0 saturated carbocycles. The minimum absolute atomic E-state index is 0.0666. The fourth-order valence-electron chi connectivity index (χ4n) is 5.45. The highest BCUT2D eigenvalue weighted by molar-refractivity contribution is 7.92. The smallest absolute Gasteiger partial charge is 0.291 e. The second-order valence-corrected chi connectivity index (χ2v) is 13.2. The summed E-state index contributed by atoms with van der Waals surface area (Å²) in [6.45, 7) is 1.78. The number of likely N-dealkylation sites (tertiary alicyclic amines) is 1. The van der Waals surface area contributed by atoms with Crippen LogP contribution in [0.25, 0.3) is 11.3 Å². The van der Waals surface area contributed by atoms with Gasteiger partial charge in [-0.05, 0) is 56.1 Å². The number of hydrogen-bond acceptors (Lipinski definition) is 7. The van der Waals surface area contributed by atoms with Crippen molar-refractivity contribution >= 4 is 38.9 Å². The maximum Gasteiger partial charge on any atom is 0.291 e. The summed E-state index contributed by atoms with van der Waals surface area (Å²) in [5.74, 6) is -3.54. The molecule has 0 radical (unpaired) electrons.